The van der Waals surface area contributed by atoms with Gasteiger partial charge >= 0.3 is 0 Å². The van der Waals surface area contributed by atoms with Crippen LogP contribution < -0.4 is 0 Å². The molecule has 0 aliphatic heterocycles. The van der Waals surface area contributed by atoms with E-state index in [1.54, 1.807) is 0 Å². The highest BCUT2D eigenvalue weighted by Crippen LogP contribution is 2.35. The SMILES string of the molecule is O[C@H](CBr)c1cc2ccc(Cl)cc2c2cc(Cl)ccc12. The Kier molecular flexibility index (Phi) is 3.91. The van der Waals surface area contributed by atoms with Crippen molar-refractivity contribution in [2.75, 3.05) is 5.33 Å². The van der Waals surface area contributed by atoms with Crippen molar-refractivity contribution in [3.8, 4) is 0 Å². The fraction of sp³-hybridized carbons (Fsp3) is 0.125. The number of halogens is 3. The Balaban J connectivity index is 2.48. The molecular formula is C16H11BrCl2O. The van der Waals surface area contributed by atoms with Gasteiger partial charge < -0.3 is 5.11 Å². The number of benzene rings is 3. The van der Waals surface area contributed by atoms with Crippen LogP contribution in [-0.2, 0) is 0 Å². The molecule has 3 aromatic rings. The molecule has 0 aromatic heterocycles. The largest absolute Gasteiger partial charge is 0.388 e. The Bertz CT molecular complexity index is 801. The molecule has 0 aliphatic rings. The van der Waals surface area contributed by atoms with E-state index in [0.717, 1.165) is 27.1 Å². The van der Waals surface area contributed by atoms with Gasteiger partial charge in [-0.05, 0) is 57.4 Å². The summed E-state index contributed by atoms with van der Waals surface area (Å²) < 4.78 is 0. The summed E-state index contributed by atoms with van der Waals surface area (Å²) in [6.45, 7) is 0. The molecule has 0 amide bonds. The minimum Gasteiger partial charge on any atom is -0.388 e. The molecule has 1 nitrogen and oxygen atoms in total. The average Bonchev–Trinajstić information content (AvgIpc) is 2.45. The zero-order valence-electron chi connectivity index (χ0n) is 10.4. The first-order chi connectivity index (χ1) is 9.60. The zero-order chi connectivity index (χ0) is 14.3. The molecule has 0 heterocycles. The van der Waals surface area contributed by atoms with Crippen LogP contribution in [0.5, 0.6) is 0 Å². The first kappa shape index (κ1) is 14.2. The van der Waals surface area contributed by atoms with Crippen molar-refractivity contribution in [2.24, 2.45) is 0 Å². The molecule has 1 N–H and O–H groups in total. The maximum absolute atomic E-state index is 10.2. The second-order valence-corrected chi connectivity index (χ2v) is 6.21. The van der Waals surface area contributed by atoms with E-state index < -0.39 is 6.10 Å². The van der Waals surface area contributed by atoms with Crippen molar-refractivity contribution in [1.82, 2.24) is 0 Å². The van der Waals surface area contributed by atoms with E-state index in [0.29, 0.717) is 15.4 Å². The molecular weight excluding hydrogens is 359 g/mol. The van der Waals surface area contributed by atoms with Crippen LogP contribution in [-0.4, -0.2) is 10.4 Å². The topological polar surface area (TPSA) is 20.2 Å². The van der Waals surface area contributed by atoms with Gasteiger partial charge in [0.1, 0.15) is 0 Å². The number of aliphatic hydroxyl groups is 1. The van der Waals surface area contributed by atoms with Crippen molar-refractivity contribution in [3.05, 3.63) is 58.1 Å². The van der Waals surface area contributed by atoms with Gasteiger partial charge in [-0.25, -0.2) is 0 Å². The van der Waals surface area contributed by atoms with E-state index in [9.17, 15) is 5.11 Å². The predicted octanol–water partition coefficient (Wildman–Crippen LogP) is 5.73. The maximum Gasteiger partial charge on any atom is 0.0893 e. The lowest BCUT2D eigenvalue weighted by atomic mass is 9.95. The number of alkyl halides is 1. The van der Waals surface area contributed by atoms with E-state index in [1.165, 1.54) is 0 Å². The highest BCUT2D eigenvalue weighted by atomic mass is 79.9. The summed E-state index contributed by atoms with van der Waals surface area (Å²) in [6.07, 6.45) is -0.557. The molecule has 0 unspecified atom stereocenters. The lowest BCUT2D eigenvalue weighted by Crippen LogP contribution is -1.99. The van der Waals surface area contributed by atoms with E-state index in [2.05, 4.69) is 15.9 Å². The van der Waals surface area contributed by atoms with Crippen LogP contribution in [0, 0.1) is 0 Å². The van der Waals surface area contributed by atoms with Crippen LogP contribution in [0.2, 0.25) is 10.0 Å². The van der Waals surface area contributed by atoms with Crippen LogP contribution in [0.15, 0.2) is 42.5 Å². The summed E-state index contributed by atoms with van der Waals surface area (Å²) in [5.74, 6) is 0. The summed E-state index contributed by atoms with van der Waals surface area (Å²) in [7, 11) is 0. The van der Waals surface area contributed by atoms with Gasteiger partial charge in [-0.1, -0.05) is 51.3 Å². The van der Waals surface area contributed by atoms with Crippen molar-refractivity contribution >= 4 is 60.7 Å². The first-order valence-electron chi connectivity index (χ1n) is 6.15. The summed E-state index contributed by atoms with van der Waals surface area (Å²) in [5.41, 5.74) is 0.892. The number of fused-ring (bicyclic) bond motifs is 3. The Morgan fingerprint density at radius 3 is 2.25 bits per heavy atom. The molecule has 0 aliphatic carbocycles. The fourth-order valence-corrected chi connectivity index (χ4v) is 3.18. The van der Waals surface area contributed by atoms with Crippen molar-refractivity contribution < 1.29 is 5.11 Å². The smallest absolute Gasteiger partial charge is 0.0893 e. The summed E-state index contributed by atoms with van der Waals surface area (Å²) in [6, 6.07) is 13.4. The van der Waals surface area contributed by atoms with E-state index in [4.69, 9.17) is 23.2 Å². The Labute approximate surface area is 135 Å². The Hall–Kier alpha value is -0.800. The molecule has 0 bridgehead atoms. The second-order valence-electron chi connectivity index (χ2n) is 4.69. The third kappa shape index (κ3) is 2.42. The van der Waals surface area contributed by atoms with Crippen LogP contribution >= 0.6 is 39.1 Å². The van der Waals surface area contributed by atoms with Gasteiger partial charge in [0.15, 0.2) is 0 Å². The molecule has 3 aromatic carbocycles. The Morgan fingerprint density at radius 2 is 1.55 bits per heavy atom. The normalized spacial score (nSPS) is 13.0. The molecule has 102 valence electrons. The standard InChI is InChI=1S/C16H11BrCl2O/c17-8-16(20)15-5-9-1-2-10(18)6-13(9)14-7-11(19)3-4-12(14)15/h1-7,16,20H,8H2/t16-/m1/s1. The molecule has 0 saturated heterocycles. The number of hydrogen-bond acceptors (Lipinski definition) is 1. The van der Waals surface area contributed by atoms with Gasteiger partial charge in [0.05, 0.1) is 6.10 Å². The molecule has 20 heavy (non-hydrogen) atoms. The lowest BCUT2D eigenvalue weighted by molar-refractivity contribution is 0.207. The summed E-state index contributed by atoms with van der Waals surface area (Å²) in [5, 5.41) is 16.1. The third-order valence-corrected chi connectivity index (χ3v) is 4.50. The van der Waals surface area contributed by atoms with Gasteiger partial charge in [-0.3, -0.25) is 0 Å². The fourth-order valence-electron chi connectivity index (χ4n) is 2.48. The molecule has 0 saturated carbocycles. The average molecular weight is 370 g/mol. The van der Waals surface area contributed by atoms with E-state index in [-0.39, 0.29) is 0 Å². The van der Waals surface area contributed by atoms with Crippen LogP contribution in [0.25, 0.3) is 21.5 Å². The lowest BCUT2D eigenvalue weighted by Gasteiger charge is -2.14. The van der Waals surface area contributed by atoms with E-state index in [1.807, 2.05) is 42.5 Å². The number of aliphatic hydroxyl groups excluding tert-OH is 1. The summed E-state index contributed by atoms with van der Waals surface area (Å²) in [4.78, 5) is 0. The van der Waals surface area contributed by atoms with Gasteiger partial charge in [-0.15, -0.1) is 0 Å². The monoisotopic (exact) mass is 368 g/mol. The molecule has 3 rings (SSSR count). The molecule has 0 spiro atoms. The minimum absolute atomic E-state index is 0.490. The van der Waals surface area contributed by atoms with Gasteiger partial charge in [0.25, 0.3) is 0 Å². The van der Waals surface area contributed by atoms with Gasteiger partial charge in [-0.2, -0.15) is 0 Å². The molecule has 0 radical (unpaired) electrons. The van der Waals surface area contributed by atoms with Crippen molar-refractivity contribution in [1.29, 1.82) is 0 Å². The Morgan fingerprint density at radius 1 is 0.900 bits per heavy atom. The molecule has 0 fully saturated rings. The molecule has 1 atom stereocenters. The van der Waals surface area contributed by atoms with Crippen LogP contribution in [0.4, 0.5) is 0 Å². The highest BCUT2D eigenvalue weighted by molar-refractivity contribution is 9.09. The maximum atomic E-state index is 10.2. The van der Waals surface area contributed by atoms with Gasteiger partial charge in [0, 0.05) is 15.4 Å². The predicted molar refractivity (Wildman–Crippen MR) is 90.2 cm³/mol. The summed E-state index contributed by atoms with van der Waals surface area (Å²) >= 11 is 15.5. The van der Waals surface area contributed by atoms with Crippen molar-refractivity contribution in [3.63, 3.8) is 0 Å². The zero-order valence-corrected chi connectivity index (χ0v) is 13.5. The van der Waals surface area contributed by atoms with Gasteiger partial charge in [0.2, 0.25) is 0 Å². The van der Waals surface area contributed by atoms with Crippen LogP contribution in [0.1, 0.15) is 11.7 Å². The minimum atomic E-state index is -0.557. The first-order valence-corrected chi connectivity index (χ1v) is 8.03. The number of rotatable bonds is 2. The highest BCUT2D eigenvalue weighted by Gasteiger charge is 2.13. The second kappa shape index (κ2) is 5.53. The van der Waals surface area contributed by atoms with Crippen molar-refractivity contribution in [2.45, 2.75) is 6.10 Å². The van der Waals surface area contributed by atoms with Crippen LogP contribution in [0.3, 0.4) is 0 Å². The molecule has 4 heteroatoms. The third-order valence-electron chi connectivity index (χ3n) is 3.41. The van der Waals surface area contributed by atoms with E-state index >= 15 is 0 Å². The quantitative estimate of drug-likeness (QED) is 0.451. The number of hydrogen-bond donors (Lipinski definition) is 1.